The summed E-state index contributed by atoms with van der Waals surface area (Å²) in [5, 5.41) is 2.83. The van der Waals surface area contributed by atoms with Gasteiger partial charge in [0.2, 0.25) is 5.91 Å². The fourth-order valence-electron chi connectivity index (χ4n) is 1.53. The highest BCUT2D eigenvalue weighted by atomic mass is 19.1. The Kier molecular flexibility index (Phi) is 3.14. The first-order valence-corrected chi connectivity index (χ1v) is 5.29. The van der Waals surface area contributed by atoms with Gasteiger partial charge in [0, 0.05) is 5.56 Å². The first-order chi connectivity index (χ1) is 8.58. The molecule has 4 nitrogen and oxygen atoms in total. The monoisotopic (exact) mass is 245 g/mol. The summed E-state index contributed by atoms with van der Waals surface area (Å²) in [6, 6.07) is 10.7. The number of hydrogen-bond acceptors (Lipinski definition) is 3. The number of nitrogen functional groups attached to an aromatic ring is 1. The number of para-hydroxylation sites is 1. The number of halogens is 1. The summed E-state index contributed by atoms with van der Waals surface area (Å²) in [4.78, 5) is 11.1. The summed E-state index contributed by atoms with van der Waals surface area (Å²) in [5.74, 6) is -0.965. The van der Waals surface area contributed by atoms with Gasteiger partial charge in [0.1, 0.15) is 5.82 Å². The molecule has 18 heavy (non-hydrogen) atoms. The van der Waals surface area contributed by atoms with Crippen LogP contribution in [0.4, 0.5) is 21.5 Å². The van der Waals surface area contributed by atoms with Crippen molar-refractivity contribution in [1.29, 1.82) is 0 Å². The predicted molar refractivity (Wildman–Crippen MR) is 69.1 cm³/mol. The Balaban J connectivity index is 2.37. The Morgan fingerprint density at radius 1 is 1.11 bits per heavy atom. The van der Waals surface area contributed by atoms with Gasteiger partial charge in [-0.05, 0) is 30.3 Å². The summed E-state index contributed by atoms with van der Waals surface area (Å²) < 4.78 is 13.5. The van der Waals surface area contributed by atoms with Gasteiger partial charge in [-0.25, -0.2) is 4.39 Å². The number of nitrogens with one attached hydrogen (secondary N) is 1. The van der Waals surface area contributed by atoms with Crippen molar-refractivity contribution < 1.29 is 9.18 Å². The van der Waals surface area contributed by atoms with Crippen molar-refractivity contribution in [3.63, 3.8) is 0 Å². The SMILES string of the molecule is NC(=O)c1ccc(N)c(Nc2ccccc2F)c1. The molecule has 0 aliphatic carbocycles. The fourth-order valence-corrected chi connectivity index (χ4v) is 1.53. The number of primary amides is 1. The lowest BCUT2D eigenvalue weighted by atomic mass is 10.1. The van der Waals surface area contributed by atoms with Crippen LogP contribution in [0.1, 0.15) is 10.4 Å². The molecule has 92 valence electrons. The van der Waals surface area contributed by atoms with Crippen LogP contribution >= 0.6 is 0 Å². The van der Waals surface area contributed by atoms with Gasteiger partial charge in [-0.1, -0.05) is 12.1 Å². The van der Waals surface area contributed by atoms with E-state index < -0.39 is 11.7 Å². The quantitative estimate of drug-likeness (QED) is 0.725. The van der Waals surface area contributed by atoms with E-state index in [1.165, 1.54) is 18.2 Å². The summed E-state index contributed by atoms with van der Waals surface area (Å²) in [6.07, 6.45) is 0. The van der Waals surface area contributed by atoms with Gasteiger partial charge in [0.25, 0.3) is 0 Å². The Labute approximate surface area is 103 Å². The number of anilines is 3. The van der Waals surface area contributed by atoms with E-state index in [-0.39, 0.29) is 5.69 Å². The molecular weight excluding hydrogens is 233 g/mol. The molecule has 2 aromatic rings. The van der Waals surface area contributed by atoms with Gasteiger partial charge >= 0.3 is 0 Å². The Bertz CT molecular complexity index is 599. The van der Waals surface area contributed by atoms with Gasteiger partial charge in [0.05, 0.1) is 17.1 Å². The van der Waals surface area contributed by atoms with Crippen LogP contribution in [0, 0.1) is 5.82 Å². The summed E-state index contributed by atoms with van der Waals surface area (Å²) >= 11 is 0. The highest BCUT2D eigenvalue weighted by Crippen LogP contribution is 2.25. The van der Waals surface area contributed by atoms with Gasteiger partial charge in [-0.3, -0.25) is 4.79 Å². The first-order valence-electron chi connectivity index (χ1n) is 5.29. The zero-order valence-corrected chi connectivity index (χ0v) is 9.48. The van der Waals surface area contributed by atoms with Crippen molar-refractivity contribution in [3.05, 3.63) is 53.8 Å². The van der Waals surface area contributed by atoms with Crippen LogP contribution in [-0.4, -0.2) is 5.91 Å². The molecule has 0 saturated carbocycles. The Morgan fingerprint density at radius 2 is 1.83 bits per heavy atom. The van der Waals surface area contributed by atoms with Crippen molar-refractivity contribution in [2.24, 2.45) is 5.73 Å². The van der Waals surface area contributed by atoms with Crippen molar-refractivity contribution >= 4 is 23.0 Å². The molecule has 0 aromatic heterocycles. The van der Waals surface area contributed by atoms with Gasteiger partial charge < -0.3 is 16.8 Å². The maximum atomic E-state index is 13.5. The van der Waals surface area contributed by atoms with Crippen molar-refractivity contribution in [2.45, 2.75) is 0 Å². The molecule has 0 atom stereocenters. The van der Waals surface area contributed by atoms with Gasteiger partial charge in [-0.2, -0.15) is 0 Å². The average molecular weight is 245 g/mol. The molecule has 0 aliphatic rings. The molecule has 0 heterocycles. The molecule has 0 bridgehead atoms. The minimum absolute atomic E-state index is 0.283. The van der Waals surface area contributed by atoms with Crippen LogP contribution < -0.4 is 16.8 Å². The molecule has 0 radical (unpaired) electrons. The van der Waals surface area contributed by atoms with E-state index in [1.807, 2.05) is 0 Å². The average Bonchev–Trinajstić information content (AvgIpc) is 2.34. The van der Waals surface area contributed by atoms with E-state index in [1.54, 1.807) is 24.3 Å². The highest BCUT2D eigenvalue weighted by molar-refractivity contribution is 5.95. The lowest BCUT2D eigenvalue weighted by molar-refractivity contribution is 0.100. The van der Waals surface area contributed by atoms with E-state index in [0.29, 0.717) is 16.9 Å². The fraction of sp³-hybridized carbons (Fsp3) is 0. The molecule has 0 unspecified atom stereocenters. The zero-order valence-electron chi connectivity index (χ0n) is 9.48. The van der Waals surface area contributed by atoms with E-state index in [2.05, 4.69) is 5.32 Å². The lowest BCUT2D eigenvalue weighted by Crippen LogP contribution is -2.11. The lowest BCUT2D eigenvalue weighted by Gasteiger charge is -2.11. The van der Waals surface area contributed by atoms with Crippen molar-refractivity contribution in [2.75, 3.05) is 11.1 Å². The van der Waals surface area contributed by atoms with E-state index >= 15 is 0 Å². The number of nitrogens with two attached hydrogens (primary N) is 2. The number of carbonyl (C=O) groups excluding carboxylic acids is 1. The van der Waals surface area contributed by atoms with Crippen LogP contribution in [0.2, 0.25) is 0 Å². The number of amides is 1. The third-order valence-electron chi connectivity index (χ3n) is 2.48. The summed E-state index contributed by atoms with van der Waals surface area (Å²) in [7, 11) is 0. The van der Waals surface area contributed by atoms with Crippen molar-refractivity contribution in [1.82, 2.24) is 0 Å². The normalized spacial score (nSPS) is 10.1. The summed E-state index contributed by atoms with van der Waals surface area (Å²) in [5.41, 5.74) is 12.4. The number of carbonyl (C=O) groups is 1. The smallest absolute Gasteiger partial charge is 0.248 e. The molecule has 0 fully saturated rings. The Morgan fingerprint density at radius 3 is 2.50 bits per heavy atom. The maximum absolute atomic E-state index is 13.5. The summed E-state index contributed by atoms with van der Waals surface area (Å²) in [6.45, 7) is 0. The molecule has 0 saturated heterocycles. The van der Waals surface area contributed by atoms with E-state index in [4.69, 9.17) is 11.5 Å². The predicted octanol–water partition coefficient (Wildman–Crippen LogP) is 2.25. The third kappa shape index (κ3) is 2.40. The highest BCUT2D eigenvalue weighted by Gasteiger charge is 2.07. The molecular formula is C13H12FN3O. The number of rotatable bonds is 3. The zero-order chi connectivity index (χ0) is 13.1. The number of benzene rings is 2. The third-order valence-corrected chi connectivity index (χ3v) is 2.48. The molecule has 5 heteroatoms. The van der Waals surface area contributed by atoms with Crippen LogP contribution in [0.5, 0.6) is 0 Å². The molecule has 2 rings (SSSR count). The van der Waals surface area contributed by atoms with E-state index in [0.717, 1.165) is 0 Å². The molecule has 1 amide bonds. The minimum atomic E-state index is -0.563. The molecule has 5 N–H and O–H groups in total. The minimum Gasteiger partial charge on any atom is -0.397 e. The molecule has 0 aliphatic heterocycles. The maximum Gasteiger partial charge on any atom is 0.248 e. The van der Waals surface area contributed by atoms with E-state index in [9.17, 15) is 9.18 Å². The number of hydrogen-bond donors (Lipinski definition) is 3. The molecule has 0 spiro atoms. The topological polar surface area (TPSA) is 81.1 Å². The largest absolute Gasteiger partial charge is 0.397 e. The van der Waals surface area contributed by atoms with Crippen LogP contribution in [0.3, 0.4) is 0 Å². The Hall–Kier alpha value is -2.56. The molecule has 2 aromatic carbocycles. The second kappa shape index (κ2) is 4.75. The van der Waals surface area contributed by atoms with Crippen LogP contribution in [0.15, 0.2) is 42.5 Å². The first kappa shape index (κ1) is 11.9. The second-order valence-electron chi connectivity index (χ2n) is 3.77. The van der Waals surface area contributed by atoms with Crippen LogP contribution in [0.25, 0.3) is 0 Å². The standard InChI is InChI=1S/C13H12FN3O/c14-9-3-1-2-4-11(9)17-12-7-8(13(16)18)5-6-10(12)15/h1-7,17H,15H2,(H2,16,18). The van der Waals surface area contributed by atoms with Crippen molar-refractivity contribution in [3.8, 4) is 0 Å². The second-order valence-corrected chi connectivity index (χ2v) is 3.77. The van der Waals surface area contributed by atoms with Gasteiger partial charge in [-0.15, -0.1) is 0 Å². The van der Waals surface area contributed by atoms with Crippen LogP contribution in [-0.2, 0) is 0 Å². The van der Waals surface area contributed by atoms with Gasteiger partial charge in [0.15, 0.2) is 0 Å².